The van der Waals surface area contributed by atoms with Gasteiger partial charge in [-0.2, -0.15) is 0 Å². The first-order valence-electron chi connectivity index (χ1n) is 7.88. The quantitative estimate of drug-likeness (QED) is 0.809. The average molecular weight is 372 g/mol. The molecular formula is C17H23Cl2N3O2. The van der Waals surface area contributed by atoms with E-state index in [-0.39, 0.29) is 17.2 Å². The van der Waals surface area contributed by atoms with Gasteiger partial charge in [0.2, 0.25) is 11.8 Å². The van der Waals surface area contributed by atoms with Gasteiger partial charge < -0.3 is 15.5 Å². The highest BCUT2D eigenvalue weighted by molar-refractivity contribution is 6.42. The summed E-state index contributed by atoms with van der Waals surface area (Å²) in [5.74, 6) is -1.02. The zero-order chi connectivity index (χ0) is 18.1. The van der Waals surface area contributed by atoms with Crippen molar-refractivity contribution in [3.8, 4) is 0 Å². The van der Waals surface area contributed by atoms with E-state index in [1.54, 1.807) is 35.0 Å². The Morgan fingerprint density at radius 2 is 2.04 bits per heavy atom. The smallest absolute Gasteiger partial charge is 0.239 e. The normalized spacial score (nSPS) is 18.2. The summed E-state index contributed by atoms with van der Waals surface area (Å²) >= 11 is 11.9. The summed E-state index contributed by atoms with van der Waals surface area (Å²) in [6.45, 7) is 5.46. The summed E-state index contributed by atoms with van der Waals surface area (Å²) in [4.78, 5) is 28.5. The van der Waals surface area contributed by atoms with Crippen molar-refractivity contribution in [3.63, 3.8) is 0 Å². The average Bonchev–Trinajstić information content (AvgIpc) is 2.90. The largest absolute Gasteiger partial charge is 0.344 e. The molecule has 0 aromatic heterocycles. The van der Waals surface area contributed by atoms with E-state index in [1.807, 2.05) is 13.8 Å². The number of hydrogen-bond donors (Lipinski definition) is 1. The van der Waals surface area contributed by atoms with Crippen LogP contribution >= 0.6 is 23.2 Å². The molecule has 2 amide bonds. The van der Waals surface area contributed by atoms with Crippen LogP contribution in [0.2, 0.25) is 10.0 Å². The predicted molar refractivity (Wildman–Crippen MR) is 97.4 cm³/mol. The van der Waals surface area contributed by atoms with Crippen LogP contribution in [0.1, 0.15) is 20.3 Å². The zero-order valence-electron chi connectivity index (χ0n) is 14.2. The number of benzene rings is 1. The topological polar surface area (TPSA) is 66.6 Å². The van der Waals surface area contributed by atoms with Crippen LogP contribution < -0.4 is 10.6 Å². The van der Waals surface area contributed by atoms with Gasteiger partial charge in [0.15, 0.2) is 0 Å². The number of nitrogens with two attached hydrogens (primary N) is 1. The number of anilines is 1. The molecule has 1 saturated heterocycles. The fraction of sp³-hybridized carbons (Fsp3) is 0.529. The van der Waals surface area contributed by atoms with Crippen molar-refractivity contribution in [2.45, 2.75) is 20.3 Å². The molecule has 1 aromatic carbocycles. The Hall–Kier alpha value is -1.30. The first kappa shape index (κ1) is 19.0. The van der Waals surface area contributed by atoms with Crippen LogP contribution in [0.3, 0.4) is 0 Å². The van der Waals surface area contributed by atoms with Gasteiger partial charge >= 0.3 is 0 Å². The second-order valence-electron chi connectivity index (χ2n) is 6.99. The number of carbonyl (C=O) groups is 2. The second-order valence-corrected chi connectivity index (χ2v) is 7.81. The monoisotopic (exact) mass is 371 g/mol. The molecule has 1 heterocycles. The molecule has 1 aliphatic heterocycles. The standard InChI is InChI=1S/C17H23Cl2N3O2/c1-17(2,9-20)10-21(3)15(23)12-6-7-22(16(12)24)11-4-5-13(18)14(19)8-11/h4-5,8,12H,6-7,9-10,20H2,1-3H3. The lowest BCUT2D eigenvalue weighted by Gasteiger charge is -2.30. The van der Waals surface area contributed by atoms with Crippen molar-refractivity contribution >= 4 is 40.7 Å². The first-order chi connectivity index (χ1) is 11.2. The molecule has 0 radical (unpaired) electrons. The lowest BCUT2D eigenvalue weighted by atomic mass is 9.92. The summed E-state index contributed by atoms with van der Waals surface area (Å²) in [5, 5.41) is 0.821. The Kier molecular flexibility index (Phi) is 5.78. The van der Waals surface area contributed by atoms with Gasteiger partial charge in [0.1, 0.15) is 5.92 Å². The zero-order valence-corrected chi connectivity index (χ0v) is 15.7. The maximum Gasteiger partial charge on any atom is 0.239 e. The second kappa shape index (κ2) is 7.30. The van der Waals surface area contributed by atoms with E-state index in [9.17, 15) is 9.59 Å². The minimum Gasteiger partial charge on any atom is -0.344 e. The summed E-state index contributed by atoms with van der Waals surface area (Å²) in [5.41, 5.74) is 6.20. The Morgan fingerprint density at radius 3 is 2.62 bits per heavy atom. The van der Waals surface area contributed by atoms with E-state index in [4.69, 9.17) is 28.9 Å². The minimum absolute atomic E-state index is 0.163. The summed E-state index contributed by atoms with van der Waals surface area (Å²) in [6.07, 6.45) is 0.491. The van der Waals surface area contributed by atoms with Crippen LogP contribution in [0.4, 0.5) is 5.69 Å². The van der Waals surface area contributed by atoms with E-state index in [1.165, 1.54) is 0 Å². The van der Waals surface area contributed by atoms with Crippen molar-refractivity contribution in [1.29, 1.82) is 0 Å². The molecule has 1 fully saturated rings. The fourth-order valence-electron chi connectivity index (χ4n) is 2.87. The van der Waals surface area contributed by atoms with Crippen molar-refractivity contribution in [1.82, 2.24) is 4.90 Å². The maximum absolute atomic E-state index is 12.7. The Morgan fingerprint density at radius 1 is 1.38 bits per heavy atom. The molecule has 132 valence electrons. The number of rotatable bonds is 5. The number of nitrogens with zero attached hydrogens (tertiary/aromatic N) is 2. The molecular weight excluding hydrogens is 349 g/mol. The highest BCUT2D eigenvalue weighted by atomic mass is 35.5. The predicted octanol–water partition coefficient (Wildman–Crippen LogP) is 2.79. The molecule has 0 bridgehead atoms. The Labute approximate surface area is 152 Å². The third-order valence-electron chi connectivity index (χ3n) is 4.31. The molecule has 0 spiro atoms. The molecule has 7 heteroatoms. The number of amides is 2. The molecule has 2 N–H and O–H groups in total. The third-order valence-corrected chi connectivity index (χ3v) is 5.05. The van der Waals surface area contributed by atoms with E-state index in [2.05, 4.69) is 0 Å². The third kappa shape index (κ3) is 4.02. The van der Waals surface area contributed by atoms with Crippen molar-refractivity contribution in [2.24, 2.45) is 17.1 Å². The van der Waals surface area contributed by atoms with Gasteiger partial charge in [0.25, 0.3) is 0 Å². The van der Waals surface area contributed by atoms with Gasteiger partial charge in [-0.25, -0.2) is 0 Å². The lowest BCUT2D eigenvalue weighted by molar-refractivity contribution is -0.139. The number of carbonyl (C=O) groups excluding carboxylic acids is 2. The van der Waals surface area contributed by atoms with Crippen LogP contribution in [0, 0.1) is 11.3 Å². The number of halogens is 2. The van der Waals surface area contributed by atoms with Gasteiger partial charge in [-0.1, -0.05) is 37.0 Å². The SMILES string of the molecule is CN(CC(C)(C)CN)C(=O)C1CCN(c2ccc(Cl)c(Cl)c2)C1=O. The van der Waals surface area contributed by atoms with Gasteiger partial charge in [-0.15, -0.1) is 0 Å². The van der Waals surface area contributed by atoms with E-state index in [0.717, 1.165) is 0 Å². The molecule has 24 heavy (non-hydrogen) atoms. The van der Waals surface area contributed by atoms with E-state index >= 15 is 0 Å². The van der Waals surface area contributed by atoms with E-state index < -0.39 is 5.92 Å². The maximum atomic E-state index is 12.7. The highest BCUT2D eigenvalue weighted by Crippen LogP contribution is 2.31. The molecule has 1 atom stereocenters. The first-order valence-corrected chi connectivity index (χ1v) is 8.63. The Bertz CT molecular complexity index is 649. The summed E-state index contributed by atoms with van der Waals surface area (Å²) < 4.78 is 0. The fourth-order valence-corrected chi connectivity index (χ4v) is 3.16. The Balaban J connectivity index is 2.10. The molecule has 0 saturated carbocycles. The number of hydrogen-bond acceptors (Lipinski definition) is 3. The summed E-state index contributed by atoms with van der Waals surface area (Å²) in [7, 11) is 1.72. The minimum atomic E-state index is -0.655. The molecule has 1 unspecified atom stereocenters. The van der Waals surface area contributed by atoms with Crippen molar-refractivity contribution < 1.29 is 9.59 Å². The van der Waals surface area contributed by atoms with E-state index in [0.29, 0.717) is 41.8 Å². The lowest BCUT2D eigenvalue weighted by Crippen LogP contribution is -2.44. The van der Waals surface area contributed by atoms with Gasteiger partial charge in [-0.05, 0) is 36.6 Å². The van der Waals surface area contributed by atoms with Gasteiger partial charge in [0, 0.05) is 25.8 Å². The van der Waals surface area contributed by atoms with Crippen LogP contribution in [0.25, 0.3) is 0 Å². The van der Waals surface area contributed by atoms with Crippen LogP contribution in [-0.2, 0) is 9.59 Å². The van der Waals surface area contributed by atoms with Crippen LogP contribution in [0.5, 0.6) is 0 Å². The van der Waals surface area contributed by atoms with Crippen LogP contribution in [0.15, 0.2) is 18.2 Å². The summed E-state index contributed by atoms with van der Waals surface area (Å²) in [6, 6.07) is 5.04. The molecule has 1 aromatic rings. The highest BCUT2D eigenvalue weighted by Gasteiger charge is 2.39. The van der Waals surface area contributed by atoms with Crippen molar-refractivity contribution in [3.05, 3.63) is 28.2 Å². The molecule has 0 aliphatic carbocycles. The molecule has 2 rings (SSSR count). The van der Waals surface area contributed by atoms with Gasteiger partial charge in [0.05, 0.1) is 10.0 Å². The van der Waals surface area contributed by atoms with Gasteiger partial charge in [-0.3, -0.25) is 9.59 Å². The molecule has 5 nitrogen and oxygen atoms in total. The van der Waals surface area contributed by atoms with Crippen LogP contribution in [-0.4, -0.2) is 43.4 Å². The van der Waals surface area contributed by atoms with Crippen molar-refractivity contribution in [2.75, 3.05) is 31.6 Å². The molecule has 1 aliphatic rings.